The van der Waals surface area contributed by atoms with Crippen LogP contribution in [0.1, 0.15) is 34.5 Å². The molecule has 0 bridgehead atoms. The Morgan fingerprint density at radius 3 is 2.62 bits per heavy atom. The largest absolute Gasteiger partial charge is 0.377 e. The summed E-state index contributed by atoms with van der Waals surface area (Å²) in [5.74, 6) is -0.274. The van der Waals surface area contributed by atoms with Gasteiger partial charge in [-0.1, -0.05) is 36.4 Å². The lowest BCUT2D eigenvalue weighted by molar-refractivity contribution is 0.102. The Hall–Kier alpha value is -3.65. The van der Waals surface area contributed by atoms with Crippen LogP contribution in [0.5, 0.6) is 0 Å². The average molecular weight is 342 g/mol. The van der Waals surface area contributed by atoms with E-state index in [2.05, 4.69) is 28.6 Å². The van der Waals surface area contributed by atoms with Crippen molar-refractivity contribution in [2.24, 2.45) is 0 Å². The van der Waals surface area contributed by atoms with E-state index in [1.165, 1.54) is 6.20 Å². The minimum absolute atomic E-state index is 0.0867. The summed E-state index contributed by atoms with van der Waals surface area (Å²) >= 11 is 0. The van der Waals surface area contributed by atoms with E-state index in [1.807, 2.05) is 30.3 Å². The highest BCUT2D eigenvalue weighted by molar-refractivity contribution is 6.04. The van der Waals surface area contributed by atoms with E-state index in [1.54, 1.807) is 36.5 Å². The molecule has 0 saturated heterocycles. The second kappa shape index (κ2) is 7.95. The fourth-order valence-corrected chi connectivity index (χ4v) is 2.59. The number of rotatable bonds is 5. The lowest BCUT2D eigenvalue weighted by Crippen LogP contribution is -2.13. The molecule has 5 heteroatoms. The molecular weight excluding hydrogens is 324 g/mol. The van der Waals surface area contributed by atoms with Crippen LogP contribution >= 0.6 is 0 Å². The molecule has 0 spiro atoms. The lowest BCUT2D eigenvalue weighted by Gasteiger charge is -2.16. The summed E-state index contributed by atoms with van der Waals surface area (Å²) < 4.78 is 0. The molecule has 3 rings (SSSR count). The van der Waals surface area contributed by atoms with E-state index >= 15 is 0 Å². The summed E-state index contributed by atoms with van der Waals surface area (Å²) in [6, 6.07) is 20.7. The van der Waals surface area contributed by atoms with E-state index in [-0.39, 0.29) is 11.9 Å². The molecule has 128 valence electrons. The topological polar surface area (TPSA) is 77.8 Å². The molecule has 3 aromatic rings. The molecule has 1 unspecified atom stereocenters. The van der Waals surface area contributed by atoms with Crippen LogP contribution in [-0.4, -0.2) is 10.9 Å². The first-order chi connectivity index (χ1) is 12.7. The molecule has 1 aromatic heterocycles. The fraction of sp³-hybridized carbons (Fsp3) is 0.0952. The highest BCUT2D eigenvalue weighted by atomic mass is 16.1. The van der Waals surface area contributed by atoms with Crippen molar-refractivity contribution in [1.29, 1.82) is 5.26 Å². The number of anilines is 2. The molecule has 1 heterocycles. The molecule has 2 aromatic carbocycles. The maximum absolute atomic E-state index is 12.5. The highest BCUT2D eigenvalue weighted by Gasteiger charge is 2.10. The van der Waals surface area contributed by atoms with Crippen molar-refractivity contribution in [3.05, 3.63) is 89.7 Å². The van der Waals surface area contributed by atoms with Gasteiger partial charge in [-0.3, -0.25) is 9.78 Å². The first-order valence-electron chi connectivity index (χ1n) is 8.24. The van der Waals surface area contributed by atoms with Crippen LogP contribution in [0.3, 0.4) is 0 Å². The van der Waals surface area contributed by atoms with Crippen LogP contribution in [-0.2, 0) is 0 Å². The molecule has 0 aliphatic carbocycles. The molecule has 1 amide bonds. The summed E-state index contributed by atoms with van der Waals surface area (Å²) in [4.78, 5) is 16.6. The summed E-state index contributed by atoms with van der Waals surface area (Å²) in [5, 5.41) is 15.1. The maximum Gasteiger partial charge on any atom is 0.257 e. The summed E-state index contributed by atoms with van der Waals surface area (Å²) in [6.45, 7) is 2.05. The summed E-state index contributed by atoms with van der Waals surface area (Å²) in [5.41, 5.74) is 3.42. The van der Waals surface area contributed by atoms with Crippen molar-refractivity contribution < 1.29 is 4.79 Å². The first kappa shape index (κ1) is 17.2. The Balaban J connectivity index is 1.72. The first-order valence-corrected chi connectivity index (χ1v) is 8.24. The third kappa shape index (κ3) is 4.25. The maximum atomic E-state index is 12.5. The van der Waals surface area contributed by atoms with Gasteiger partial charge in [-0.25, -0.2) is 0 Å². The predicted molar refractivity (Wildman–Crippen MR) is 102 cm³/mol. The van der Waals surface area contributed by atoms with Gasteiger partial charge >= 0.3 is 0 Å². The SMILES string of the molecule is CC(Nc1cncc(C(=O)Nc2cccc(C#N)c2)c1)c1ccccc1. The van der Waals surface area contributed by atoms with Gasteiger partial charge < -0.3 is 10.6 Å². The van der Waals surface area contributed by atoms with Crippen molar-refractivity contribution in [3.8, 4) is 6.07 Å². The van der Waals surface area contributed by atoms with Gasteiger partial charge in [-0.2, -0.15) is 5.26 Å². The normalized spacial score (nSPS) is 11.2. The summed E-state index contributed by atoms with van der Waals surface area (Å²) in [6.07, 6.45) is 3.20. The number of nitriles is 1. The second-order valence-electron chi connectivity index (χ2n) is 5.89. The number of benzene rings is 2. The molecule has 0 aliphatic heterocycles. The number of hydrogen-bond donors (Lipinski definition) is 2. The van der Waals surface area contributed by atoms with Gasteiger partial charge in [0.2, 0.25) is 0 Å². The standard InChI is InChI=1S/C21H18N4O/c1-15(17-7-3-2-4-8-17)24-20-11-18(13-23-14-20)21(26)25-19-9-5-6-16(10-19)12-22/h2-11,13-15,24H,1H3,(H,25,26). The monoisotopic (exact) mass is 342 g/mol. The van der Waals surface area contributed by atoms with Crippen LogP contribution in [0, 0.1) is 11.3 Å². The smallest absolute Gasteiger partial charge is 0.257 e. The van der Waals surface area contributed by atoms with Crippen LogP contribution in [0.15, 0.2) is 73.1 Å². The van der Waals surface area contributed by atoms with Crippen molar-refractivity contribution in [2.75, 3.05) is 10.6 Å². The molecule has 0 saturated carbocycles. The van der Waals surface area contributed by atoms with Gasteiger partial charge in [-0.05, 0) is 36.8 Å². The zero-order valence-corrected chi connectivity index (χ0v) is 14.3. The van der Waals surface area contributed by atoms with E-state index in [4.69, 9.17) is 5.26 Å². The Bertz CT molecular complexity index is 947. The number of carbonyl (C=O) groups is 1. The van der Waals surface area contributed by atoms with Crippen molar-refractivity contribution in [2.45, 2.75) is 13.0 Å². The lowest BCUT2D eigenvalue weighted by atomic mass is 10.1. The highest BCUT2D eigenvalue weighted by Crippen LogP contribution is 2.19. The zero-order valence-electron chi connectivity index (χ0n) is 14.3. The van der Waals surface area contributed by atoms with Crippen LogP contribution < -0.4 is 10.6 Å². The van der Waals surface area contributed by atoms with Crippen LogP contribution in [0.2, 0.25) is 0 Å². The van der Waals surface area contributed by atoms with Gasteiger partial charge in [0.15, 0.2) is 0 Å². The number of hydrogen-bond acceptors (Lipinski definition) is 4. The van der Waals surface area contributed by atoms with Gasteiger partial charge in [-0.15, -0.1) is 0 Å². The minimum atomic E-state index is -0.274. The number of nitrogens with one attached hydrogen (secondary N) is 2. The Morgan fingerprint density at radius 1 is 1.04 bits per heavy atom. The number of carbonyl (C=O) groups excluding carboxylic acids is 1. The molecule has 5 nitrogen and oxygen atoms in total. The Kier molecular flexibility index (Phi) is 5.25. The third-order valence-electron chi connectivity index (χ3n) is 3.93. The molecular formula is C21H18N4O. The van der Waals surface area contributed by atoms with Crippen LogP contribution in [0.25, 0.3) is 0 Å². The van der Waals surface area contributed by atoms with E-state index in [9.17, 15) is 4.79 Å². The van der Waals surface area contributed by atoms with Crippen molar-refractivity contribution >= 4 is 17.3 Å². The Morgan fingerprint density at radius 2 is 1.85 bits per heavy atom. The number of aromatic nitrogens is 1. The predicted octanol–water partition coefficient (Wildman–Crippen LogP) is 4.38. The van der Waals surface area contributed by atoms with E-state index in [0.29, 0.717) is 16.8 Å². The number of pyridine rings is 1. The van der Waals surface area contributed by atoms with Gasteiger partial charge in [0.25, 0.3) is 5.91 Å². The second-order valence-corrected chi connectivity index (χ2v) is 5.89. The van der Waals surface area contributed by atoms with Crippen molar-refractivity contribution in [3.63, 3.8) is 0 Å². The van der Waals surface area contributed by atoms with Crippen LogP contribution in [0.4, 0.5) is 11.4 Å². The third-order valence-corrected chi connectivity index (χ3v) is 3.93. The quantitative estimate of drug-likeness (QED) is 0.721. The summed E-state index contributed by atoms with van der Waals surface area (Å²) in [7, 11) is 0. The fourth-order valence-electron chi connectivity index (χ4n) is 2.59. The zero-order chi connectivity index (χ0) is 18.4. The molecule has 0 radical (unpaired) electrons. The molecule has 2 N–H and O–H groups in total. The molecule has 0 aliphatic rings. The molecule has 26 heavy (non-hydrogen) atoms. The van der Waals surface area contributed by atoms with Gasteiger partial charge in [0.1, 0.15) is 0 Å². The average Bonchev–Trinajstić information content (AvgIpc) is 2.69. The number of nitrogens with zero attached hydrogens (tertiary/aromatic N) is 2. The van der Waals surface area contributed by atoms with E-state index < -0.39 is 0 Å². The molecule has 0 fully saturated rings. The minimum Gasteiger partial charge on any atom is -0.377 e. The Labute approximate surface area is 152 Å². The molecule has 1 atom stereocenters. The van der Waals surface area contributed by atoms with Gasteiger partial charge in [0.05, 0.1) is 22.9 Å². The number of amides is 1. The van der Waals surface area contributed by atoms with Crippen molar-refractivity contribution in [1.82, 2.24) is 4.98 Å². The van der Waals surface area contributed by atoms with Gasteiger partial charge in [0, 0.05) is 24.1 Å². The van der Waals surface area contributed by atoms with E-state index in [0.717, 1.165) is 11.3 Å².